The molecule has 92 valence electrons. The number of hydrogen-bond acceptors (Lipinski definition) is 2. The Hall–Kier alpha value is -0.0800. The SMILES string of the molecule is CCCCCC(C)(OCCC)OCCC. The van der Waals surface area contributed by atoms with E-state index in [2.05, 4.69) is 27.7 Å². The summed E-state index contributed by atoms with van der Waals surface area (Å²) in [7, 11) is 0. The maximum absolute atomic E-state index is 5.81. The van der Waals surface area contributed by atoms with E-state index in [1.54, 1.807) is 0 Å². The Labute approximate surface area is 95.3 Å². The highest BCUT2D eigenvalue weighted by Crippen LogP contribution is 2.21. The fourth-order valence-corrected chi connectivity index (χ4v) is 1.52. The Morgan fingerprint density at radius 1 is 0.800 bits per heavy atom. The lowest BCUT2D eigenvalue weighted by Crippen LogP contribution is -2.33. The molecule has 0 saturated carbocycles. The quantitative estimate of drug-likeness (QED) is 0.404. The van der Waals surface area contributed by atoms with Gasteiger partial charge in [-0.25, -0.2) is 0 Å². The molecular formula is C13H28O2. The molecule has 0 aromatic heterocycles. The van der Waals surface area contributed by atoms with Gasteiger partial charge < -0.3 is 9.47 Å². The molecule has 0 heterocycles. The van der Waals surface area contributed by atoms with E-state index in [0.717, 1.165) is 32.5 Å². The normalized spacial score (nSPS) is 12.0. The van der Waals surface area contributed by atoms with E-state index in [1.165, 1.54) is 19.3 Å². The summed E-state index contributed by atoms with van der Waals surface area (Å²) in [6.07, 6.45) is 6.83. The van der Waals surface area contributed by atoms with E-state index < -0.39 is 0 Å². The van der Waals surface area contributed by atoms with Gasteiger partial charge in [-0.1, -0.05) is 33.6 Å². The van der Waals surface area contributed by atoms with Crippen LogP contribution in [0, 0.1) is 0 Å². The van der Waals surface area contributed by atoms with Crippen molar-refractivity contribution in [3.63, 3.8) is 0 Å². The van der Waals surface area contributed by atoms with Crippen LogP contribution in [0.1, 0.15) is 66.2 Å². The molecule has 0 N–H and O–H groups in total. The maximum atomic E-state index is 5.81. The van der Waals surface area contributed by atoms with Gasteiger partial charge in [0.15, 0.2) is 5.79 Å². The van der Waals surface area contributed by atoms with Crippen LogP contribution < -0.4 is 0 Å². The van der Waals surface area contributed by atoms with Crippen molar-refractivity contribution in [3.8, 4) is 0 Å². The maximum Gasteiger partial charge on any atom is 0.165 e. The zero-order valence-corrected chi connectivity index (χ0v) is 11.0. The lowest BCUT2D eigenvalue weighted by atomic mass is 10.1. The first kappa shape index (κ1) is 14.9. The molecule has 0 atom stereocenters. The van der Waals surface area contributed by atoms with Gasteiger partial charge in [-0.3, -0.25) is 0 Å². The van der Waals surface area contributed by atoms with Crippen LogP contribution in [-0.2, 0) is 9.47 Å². The molecule has 0 amide bonds. The molecule has 2 heteroatoms. The highest BCUT2D eigenvalue weighted by Gasteiger charge is 2.24. The predicted molar refractivity (Wildman–Crippen MR) is 65.0 cm³/mol. The third kappa shape index (κ3) is 7.80. The molecular weight excluding hydrogens is 188 g/mol. The van der Waals surface area contributed by atoms with Gasteiger partial charge in [-0.2, -0.15) is 0 Å². The van der Waals surface area contributed by atoms with Crippen molar-refractivity contribution in [3.05, 3.63) is 0 Å². The van der Waals surface area contributed by atoms with Crippen molar-refractivity contribution < 1.29 is 9.47 Å². The van der Waals surface area contributed by atoms with Crippen LogP contribution >= 0.6 is 0 Å². The van der Waals surface area contributed by atoms with Crippen molar-refractivity contribution in [2.24, 2.45) is 0 Å². The molecule has 0 spiro atoms. The number of hydrogen-bond donors (Lipinski definition) is 0. The minimum Gasteiger partial charge on any atom is -0.350 e. The Balaban J connectivity index is 3.89. The third-order valence-corrected chi connectivity index (χ3v) is 2.46. The van der Waals surface area contributed by atoms with Crippen molar-refractivity contribution in [1.82, 2.24) is 0 Å². The third-order valence-electron chi connectivity index (χ3n) is 2.46. The van der Waals surface area contributed by atoms with E-state index >= 15 is 0 Å². The highest BCUT2D eigenvalue weighted by atomic mass is 16.7. The van der Waals surface area contributed by atoms with E-state index in [0.29, 0.717) is 0 Å². The van der Waals surface area contributed by atoms with Crippen molar-refractivity contribution >= 4 is 0 Å². The number of ether oxygens (including phenoxy) is 2. The molecule has 0 saturated heterocycles. The van der Waals surface area contributed by atoms with Gasteiger partial charge in [-0.05, 0) is 26.2 Å². The summed E-state index contributed by atoms with van der Waals surface area (Å²) < 4.78 is 11.6. The largest absolute Gasteiger partial charge is 0.350 e. The van der Waals surface area contributed by atoms with Gasteiger partial charge in [0.2, 0.25) is 0 Å². The van der Waals surface area contributed by atoms with E-state index in [4.69, 9.17) is 9.47 Å². The summed E-state index contributed by atoms with van der Waals surface area (Å²) in [5.41, 5.74) is 0. The fraction of sp³-hybridized carbons (Fsp3) is 1.00. The second kappa shape index (κ2) is 9.17. The van der Waals surface area contributed by atoms with Crippen LogP contribution in [0.3, 0.4) is 0 Å². The molecule has 0 aliphatic rings. The van der Waals surface area contributed by atoms with Crippen LogP contribution in [0.5, 0.6) is 0 Å². The fourth-order valence-electron chi connectivity index (χ4n) is 1.52. The summed E-state index contributed by atoms with van der Waals surface area (Å²) in [6, 6.07) is 0. The lowest BCUT2D eigenvalue weighted by molar-refractivity contribution is -0.229. The van der Waals surface area contributed by atoms with Crippen LogP contribution in [0.15, 0.2) is 0 Å². The average molecular weight is 216 g/mol. The van der Waals surface area contributed by atoms with E-state index in [1.807, 2.05) is 0 Å². The molecule has 0 unspecified atom stereocenters. The molecule has 15 heavy (non-hydrogen) atoms. The average Bonchev–Trinajstić information content (AvgIpc) is 2.24. The van der Waals surface area contributed by atoms with Gasteiger partial charge in [0.05, 0.1) is 0 Å². The zero-order valence-electron chi connectivity index (χ0n) is 11.0. The summed E-state index contributed by atoms with van der Waals surface area (Å²) in [5, 5.41) is 0. The first-order valence-corrected chi connectivity index (χ1v) is 6.46. The van der Waals surface area contributed by atoms with Crippen LogP contribution in [0.25, 0.3) is 0 Å². The second-order valence-corrected chi connectivity index (χ2v) is 4.29. The topological polar surface area (TPSA) is 18.5 Å². The molecule has 0 aromatic carbocycles. The lowest BCUT2D eigenvalue weighted by Gasteiger charge is -2.30. The van der Waals surface area contributed by atoms with E-state index in [9.17, 15) is 0 Å². The van der Waals surface area contributed by atoms with Gasteiger partial charge in [0.1, 0.15) is 0 Å². The molecule has 0 bridgehead atoms. The standard InChI is InChI=1S/C13H28O2/c1-5-8-9-10-13(4,14-11-6-2)15-12-7-3/h5-12H2,1-4H3. The van der Waals surface area contributed by atoms with Gasteiger partial charge in [-0.15, -0.1) is 0 Å². The Bertz CT molecular complexity index is 126. The smallest absolute Gasteiger partial charge is 0.165 e. The van der Waals surface area contributed by atoms with Gasteiger partial charge in [0, 0.05) is 19.6 Å². The predicted octanol–water partition coefficient (Wildman–Crippen LogP) is 4.14. The summed E-state index contributed by atoms with van der Waals surface area (Å²) in [5.74, 6) is -0.346. The van der Waals surface area contributed by atoms with Crippen molar-refractivity contribution in [2.45, 2.75) is 72.0 Å². The molecule has 0 rings (SSSR count). The Kier molecular flexibility index (Phi) is 9.12. The molecule has 0 fully saturated rings. The first-order chi connectivity index (χ1) is 7.18. The van der Waals surface area contributed by atoms with Crippen molar-refractivity contribution in [1.29, 1.82) is 0 Å². The first-order valence-electron chi connectivity index (χ1n) is 6.46. The summed E-state index contributed by atoms with van der Waals surface area (Å²) >= 11 is 0. The monoisotopic (exact) mass is 216 g/mol. The van der Waals surface area contributed by atoms with Crippen LogP contribution in [0.2, 0.25) is 0 Å². The Morgan fingerprint density at radius 3 is 1.73 bits per heavy atom. The summed E-state index contributed by atoms with van der Waals surface area (Å²) in [6.45, 7) is 10.2. The molecule has 0 aliphatic heterocycles. The molecule has 0 aliphatic carbocycles. The van der Waals surface area contributed by atoms with Gasteiger partial charge in [0.25, 0.3) is 0 Å². The minimum absolute atomic E-state index is 0.346. The Morgan fingerprint density at radius 2 is 1.33 bits per heavy atom. The highest BCUT2D eigenvalue weighted by molar-refractivity contribution is 4.63. The van der Waals surface area contributed by atoms with Crippen LogP contribution in [0.4, 0.5) is 0 Å². The van der Waals surface area contributed by atoms with Gasteiger partial charge >= 0.3 is 0 Å². The van der Waals surface area contributed by atoms with Crippen LogP contribution in [-0.4, -0.2) is 19.0 Å². The zero-order chi connectivity index (χ0) is 11.6. The molecule has 0 aromatic rings. The van der Waals surface area contributed by atoms with Crippen molar-refractivity contribution in [2.75, 3.05) is 13.2 Å². The summed E-state index contributed by atoms with van der Waals surface area (Å²) in [4.78, 5) is 0. The molecule has 2 nitrogen and oxygen atoms in total. The van der Waals surface area contributed by atoms with E-state index in [-0.39, 0.29) is 5.79 Å². The number of unbranched alkanes of at least 4 members (excludes halogenated alkanes) is 2. The second-order valence-electron chi connectivity index (χ2n) is 4.29. The number of rotatable bonds is 10. The minimum atomic E-state index is -0.346. The molecule has 0 radical (unpaired) electrons.